The highest BCUT2D eigenvalue weighted by Gasteiger charge is 2.47. The van der Waals surface area contributed by atoms with Crippen molar-refractivity contribution in [3.05, 3.63) is 0 Å². The zero-order valence-corrected chi connectivity index (χ0v) is 6.91. The Labute approximate surface area is 70.1 Å². The highest BCUT2D eigenvalue weighted by Crippen LogP contribution is 2.33. The molecule has 0 aliphatic heterocycles. The van der Waals surface area contributed by atoms with Crippen molar-refractivity contribution in [1.29, 1.82) is 0 Å². The van der Waals surface area contributed by atoms with E-state index in [-0.39, 0.29) is 12.5 Å². The molecule has 0 atom stereocenters. The molecule has 1 saturated carbocycles. The molecule has 0 aromatic carbocycles. The topological polar surface area (TPSA) is 83.6 Å². The number of aliphatic carboxylic acids is 1. The highest BCUT2D eigenvalue weighted by atomic mass is 16.4. The summed E-state index contributed by atoms with van der Waals surface area (Å²) in [6.07, 6.45) is 1.32. The van der Waals surface area contributed by atoms with Gasteiger partial charge < -0.3 is 15.7 Å². The summed E-state index contributed by atoms with van der Waals surface area (Å²) in [5.41, 5.74) is 4.82. The Morgan fingerprint density at radius 2 is 2.08 bits per heavy atom. The number of carboxylic acids is 1. The first kappa shape index (κ1) is 8.99. The molecule has 1 aliphatic rings. The summed E-state index contributed by atoms with van der Waals surface area (Å²) in [5.74, 6) is -1.29. The zero-order valence-electron chi connectivity index (χ0n) is 6.91. The number of nitrogens with zero attached hydrogens (tertiary/aromatic N) is 1. The molecular formula is C7H12N2O3. The van der Waals surface area contributed by atoms with Crippen LogP contribution in [-0.4, -0.2) is 41.0 Å². The van der Waals surface area contributed by atoms with Gasteiger partial charge in [-0.3, -0.25) is 9.59 Å². The monoisotopic (exact) mass is 172 g/mol. The molecule has 5 heteroatoms. The van der Waals surface area contributed by atoms with Crippen LogP contribution < -0.4 is 5.73 Å². The lowest BCUT2D eigenvalue weighted by Gasteiger charge is -2.18. The van der Waals surface area contributed by atoms with Gasteiger partial charge in [-0.1, -0.05) is 0 Å². The van der Waals surface area contributed by atoms with E-state index in [2.05, 4.69) is 0 Å². The number of nitrogens with two attached hydrogens (primary N) is 1. The van der Waals surface area contributed by atoms with E-state index in [1.165, 1.54) is 7.05 Å². The summed E-state index contributed by atoms with van der Waals surface area (Å²) < 4.78 is 0. The Morgan fingerprint density at radius 3 is 2.42 bits per heavy atom. The molecule has 0 saturated heterocycles. The fourth-order valence-electron chi connectivity index (χ4n) is 1.00. The van der Waals surface area contributed by atoms with Crippen LogP contribution >= 0.6 is 0 Å². The number of amides is 1. The summed E-state index contributed by atoms with van der Waals surface area (Å²) in [4.78, 5) is 22.7. The average molecular weight is 172 g/mol. The van der Waals surface area contributed by atoms with Gasteiger partial charge in [-0.25, -0.2) is 0 Å². The van der Waals surface area contributed by atoms with Crippen LogP contribution in [0.2, 0.25) is 0 Å². The van der Waals surface area contributed by atoms with Crippen LogP contribution in [0, 0.1) is 0 Å². The van der Waals surface area contributed by atoms with E-state index in [1.54, 1.807) is 0 Å². The number of hydrogen-bond acceptors (Lipinski definition) is 3. The third-order valence-corrected chi connectivity index (χ3v) is 1.93. The maximum absolute atomic E-state index is 11.3. The predicted molar refractivity (Wildman–Crippen MR) is 41.4 cm³/mol. The Morgan fingerprint density at radius 1 is 1.58 bits per heavy atom. The van der Waals surface area contributed by atoms with E-state index in [0.29, 0.717) is 12.8 Å². The van der Waals surface area contributed by atoms with Crippen LogP contribution in [0.3, 0.4) is 0 Å². The van der Waals surface area contributed by atoms with E-state index in [0.717, 1.165) is 4.90 Å². The van der Waals surface area contributed by atoms with Gasteiger partial charge in [0.1, 0.15) is 6.54 Å². The minimum absolute atomic E-state index is 0.273. The second-order valence-corrected chi connectivity index (χ2v) is 3.21. The molecule has 5 nitrogen and oxygen atoms in total. The summed E-state index contributed by atoms with van der Waals surface area (Å²) in [6.45, 7) is -0.280. The van der Waals surface area contributed by atoms with E-state index < -0.39 is 11.5 Å². The molecule has 1 aliphatic carbocycles. The van der Waals surface area contributed by atoms with Gasteiger partial charge >= 0.3 is 5.97 Å². The first-order valence-electron chi connectivity index (χ1n) is 3.72. The lowest BCUT2D eigenvalue weighted by atomic mass is 10.2. The lowest BCUT2D eigenvalue weighted by Crippen LogP contribution is -2.45. The molecule has 0 aromatic rings. The first-order chi connectivity index (χ1) is 5.46. The van der Waals surface area contributed by atoms with Gasteiger partial charge in [0.2, 0.25) is 5.91 Å². The molecule has 0 bridgehead atoms. The van der Waals surface area contributed by atoms with Gasteiger partial charge in [0.25, 0.3) is 0 Å². The number of carbonyl (C=O) groups is 2. The Balaban J connectivity index is 2.47. The van der Waals surface area contributed by atoms with Crippen molar-refractivity contribution >= 4 is 11.9 Å². The third-order valence-electron chi connectivity index (χ3n) is 1.93. The van der Waals surface area contributed by atoms with E-state index >= 15 is 0 Å². The molecule has 0 heterocycles. The minimum atomic E-state index is -1.02. The maximum atomic E-state index is 11.3. The Hall–Kier alpha value is -1.10. The molecule has 1 fully saturated rings. The normalized spacial score (nSPS) is 18.5. The maximum Gasteiger partial charge on any atom is 0.323 e. The quantitative estimate of drug-likeness (QED) is 0.573. The van der Waals surface area contributed by atoms with Crippen LogP contribution in [0.25, 0.3) is 0 Å². The summed E-state index contributed by atoms with van der Waals surface area (Å²) in [7, 11) is 1.45. The van der Waals surface area contributed by atoms with Crippen LogP contribution in [0.1, 0.15) is 12.8 Å². The van der Waals surface area contributed by atoms with Gasteiger partial charge in [-0.15, -0.1) is 0 Å². The van der Waals surface area contributed by atoms with Gasteiger partial charge in [0.05, 0.1) is 5.54 Å². The van der Waals surface area contributed by atoms with E-state index in [4.69, 9.17) is 10.8 Å². The van der Waals surface area contributed by atoms with Crippen molar-refractivity contribution in [3.8, 4) is 0 Å². The van der Waals surface area contributed by atoms with Crippen LogP contribution in [0.4, 0.5) is 0 Å². The summed E-state index contributed by atoms with van der Waals surface area (Å²) in [5, 5.41) is 8.38. The molecule has 1 amide bonds. The largest absolute Gasteiger partial charge is 0.480 e. The van der Waals surface area contributed by atoms with Gasteiger partial charge in [0.15, 0.2) is 0 Å². The van der Waals surface area contributed by atoms with Crippen molar-refractivity contribution < 1.29 is 14.7 Å². The van der Waals surface area contributed by atoms with Crippen molar-refractivity contribution in [2.45, 2.75) is 18.4 Å². The molecule has 68 valence electrons. The lowest BCUT2D eigenvalue weighted by molar-refractivity contribution is -0.144. The van der Waals surface area contributed by atoms with Crippen molar-refractivity contribution in [2.75, 3.05) is 13.6 Å². The summed E-state index contributed by atoms with van der Waals surface area (Å²) >= 11 is 0. The summed E-state index contributed by atoms with van der Waals surface area (Å²) in [6, 6.07) is 0. The Kier molecular flexibility index (Phi) is 2.06. The number of rotatable bonds is 3. The second-order valence-electron chi connectivity index (χ2n) is 3.21. The smallest absolute Gasteiger partial charge is 0.323 e. The fourth-order valence-corrected chi connectivity index (χ4v) is 1.00. The minimum Gasteiger partial charge on any atom is -0.480 e. The van der Waals surface area contributed by atoms with Crippen LogP contribution in [0.5, 0.6) is 0 Å². The van der Waals surface area contributed by atoms with Gasteiger partial charge in [-0.2, -0.15) is 0 Å². The number of carboxylic acid groups (broad SMARTS) is 1. The standard InChI is InChI=1S/C7H12N2O3/c1-9(4-5(10)11)6(12)7(8)2-3-7/h2-4,8H2,1H3,(H,10,11). The van der Waals surface area contributed by atoms with Gasteiger partial charge in [0, 0.05) is 7.05 Å². The van der Waals surface area contributed by atoms with Gasteiger partial charge in [-0.05, 0) is 12.8 Å². The molecule has 3 N–H and O–H groups in total. The van der Waals surface area contributed by atoms with Crippen LogP contribution in [-0.2, 0) is 9.59 Å². The Bertz CT molecular complexity index is 223. The molecule has 12 heavy (non-hydrogen) atoms. The highest BCUT2D eigenvalue weighted by molar-refractivity contribution is 5.90. The van der Waals surface area contributed by atoms with Crippen molar-refractivity contribution in [2.24, 2.45) is 5.73 Å². The molecule has 0 radical (unpaired) electrons. The molecular weight excluding hydrogens is 160 g/mol. The molecule has 0 aromatic heterocycles. The fraction of sp³-hybridized carbons (Fsp3) is 0.714. The number of hydrogen-bond donors (Lipinski definition) is 2. The number of likely N-dealkylation sites (N-methyl/N-ethyl adjacent to an activating group) is 1. The van der Waals surface area contributed by atoms with E-state index in [9.17, 15) is 9.59 Å². The van der Waals surface area contributed by atoms with E-state index in [1.807, 2.05) is 0 Å². The molecule has 0 unspecified atom stereocenters. The molecule has 1 rings (SSSR count). The SMILES string of the molecule is CN(CC(=O)O)C(=O)C1(N)CC1. The van der Waals surface area contributed by atoms with Crippen molar-refractivity contribution in [1.82, 2.24) is 4.90 Å². The van der Waals surface area contributed by atoms with Crippen molar-refractivity contribution in [3.63, 3.8) is 0 Å². The first-order valence-corrected chi connectivity index (χ1v) is 3.72. The third kappa shape index (κ3) is 1.73. The molecule has 0 spiro atoms. The van der Waals surface area contributed by atoms with Crippen LogP contribution in [0.15, 0.2) is 0 Å². The zero-order chi connectivity index (χ0) is 9.35. The second kappa shape index (κ2) is 2.75. The average Bonchev–Trinajstić information content (AvgIpc) is 2.66. The predicted octanol–water partition coefficient (Wildman–Crippen LogP) is -0.979. The number of carbonyl (C=O) groups excluding carboxylic acids is 1.